The minimum atomic E-state index is -0.239. The second-order valence-corrected chi connectivity index (χ2v) is 48.6. The highest BCUT2D eigenvalue weighted by Gasteiger charge is 2.35. The zero-order valence-corrected chi connectivity index (χ0v) is 82.7. The Morgan fingerprint density at radius 1 is 0.184 bits per heavy atom. The van der Waals surface area contributed by atoms with Crippen molar-refractivity contribution in [3.63, 3.8) is 0 Å². The second kappa shape index (κ2) is 27.0. The summed E-state index contributed by atoms with van der Waals surface area (Å²) < 4.78 is 0. The number of hydrogen-bond acceptors (Lipinski definition) is 4. The fraction of sp³-hybridized carbons (Fsp3) is 0.250. The van der Waals surface area contributed by atoms with Crippen LogP contribution >= 0.6 is 0 Å². The van der Waals surface area contributed by atoms with E-state index in [1.54, 1.807) is 0 Å². The maximum absolute atomic E-state index is 6.57. The van der Waals surface area contributed by atoms with Crippen LogP contribution in [-0.2, 0) is 43.3 Å². The summed E-state index contributed by atoms with van der Waals surface area (Å²) in [6.07, 6.45) is 4.64. The summed E-state index contributed by atoms with van der Waals surface area (Å²) in [6.45, 7) is 56.6. The molecule has 16 aromatic carbocycles. The number of rotatable bonds is 4. The molecule has 1 aliphatic heterocycles. The van der Waals surface area contributed by atoms with E-state index in [-0.39, 0.29) is 43.3 Å². The lowest BCUT2D eigenvalue weighted by Crippen LogP contribution is -2.16. The number of nitrogens with zero attached hydrogens (tertiary/aromatic N) is 4. The quantitative estimate of drug-likeness (QED) is 0.104. The van der Waals surface area contributed by atoms with Crippen LogP contribution in [0, 0.1) is 0 Å². The Kier molecular flexibility index (Phi) is 16.4. The molecule has 0 spiro atoms. The summed E-state index contributed by atoms with van der Waals surface area (Å²) in [4.78, 5) is 43.6. The predicted octanol–water partition coefficient (Wildman–Crippen LogP) is 36.1. The van der Waals surface area contributed by atoms with Gasteiger partial charge >= 0.3 is 0 Å². The molecular weight excluding hydrogens is 1650 g/mol. The molecule has 136 heavy (non-hydrogen) atoms. The number of aromatic amines is 4. The minimum absolute atomic E-state index is 0.225. The van der Waals surface area contributed by atoms with Gasteiger partial charge in [-0.3, -0.25) is 0 Å². The van der Waals surface area contributed by atoms with Crippen molar-refractivity contribution in [1.29, 1.82) is 0 Å². The Labute approximate surface area is 792 Å². The summed E-state index contributed by atoms with van der Waals surface area (Å²) in [7, 11) is 0. The number of nitrogens with one attached hydrogen (secondary N) is 4. The van der Waals surface area contributed by atoms with Gasteiger partial charge in [0.05, 0.1) is 61.0 Å². The van der Waals surface area contributed by atoms with Crippen LogP contribution in [0.2, 0.25) is 0 Å². The third-order valence-corrected chi connectivity index (χ3v) is 31.2. The number of aromatic nitrogens is 8. The van der Waals surface area contributed by atoms with E-state index >= 15 is 0 Å². The molecule has 10 heterocycles. The van der Waals surface area contributed by atoms with E-state index in [9.17, 15) is 0 Å². The zero-order valence-electron chi connectivity index (χ0n) is 82.7. The Bertz CT molecular complexity index is 9660. The lowest BCUT2D eigenvalue weighted by atomic mass is 9.78. The number of H-pyrrole nitrogens is 4. The standard InChI is InChI=1S/C128H114N8/c1-121(2,3)73-43-69(44-74(53-73)122(4,5)6)103-91-39-41-93(129-91)111-82-38-36-66-34-32-63-27-25-29-67-51-83(110(82)108(66)101(63)67)85-58-98(132-116(85)111)106(72-49-79(127(19,20)21)56-80(50-72)128(22,23)24)100-62-89-88-61-99-105(71-47-77(125(13,14)15)55-78(48-71)126(16,17)18)97-57-84-81-37-35-65-33-31-64-28-26-30-68-52-90(109(81)107(65)102(64)68)112(115(84)131-97)94-42-40-92(130-94)104(70-45-75(123(7,8)9)54-76(46-70)124(10,11)12)96-60-87-86-59-95(103)133-117(86)114(120(89)136-100)113(118(87)134-96)119(88)135-99/h25-62,129,131,134,136H,1-24H3. The van der Waals surface area contributed by atoms with Gasteiger partial charge in [0.25, 0.3) is 0 Å². The van der Waals surface area contributed by atoms with Crippen LogP contribution in [0.25, 0.3) is 274 Å². The van der Waals surface area contributed by atoms with Gasteiger partial charge in [-0.25, -0.2) is 19.9 Å². The number of fused-ring (bicyclic) bond motifs is 18. The fourth-order valence-electron chi connectivity index (χ4n) is 23.5. The van der Waals surface area contributed by atoms with E-state index in [0.29, 0.717) is 0 Å². The van der Waals surface area contributed by atoms with Crippen LogP contribution < -0.4 is 0 Å². The van der Waals surface area contributed by atoms with Gasteiger partial charge in [0.1, 0.15) is 0 Å². The Morgan fingerprint density at radius 3 is 0.904 bits per heavy atom. The molecule has 9 aromatic heterocycles. The molecule has 0 radical (unpaired) electrons. The lowest BCUT2D eigenvalue weighted by Gasteiger charge is -2.26. The smallest absolute Gasteiger partial charge is 0.0818 e. The van der Waals surface area contributed by atoms with E-state index < -0.39 is 0 Å². The van der Waals surface area contributed by atoms with Crippen molar-refractivity contribution in [3.8, 4) is 44.5 Å². The Hall–Kier alpha value is -14.1. The molecule has 4 N–H and O–H groups in total. The third-order valence-electron chi connectivity index (χ3n) is 31.2. The average molecular weight is 1760 g/mol. The molecule has 0 fully saturated rings. The average Bonchev–Trinajstić information content (AvgIpc) is 1.49. The summed E-state index contributed by atoms with van der Waals surface area (Å²) in [6, 6.07) is 86.5. The summed E-state index contributed by atoms with van der Waals surface area (Å²) in [5, 5.41) is 30.0. The second-order valence-electron chi connectivity index (χ2n) is 48.6. The van der Waals surface area contributed by atoms with Gasteiger partial charge in [-0.1, -0.05) is 324 Å². The van der Waals surface area contributed by atoms with E-state index in [1.807, 2.05) is 0 Å². The molecule has 1 aliphatic rings. The van der Waals surface area contributed by atoms with Crippen molar-refractivity contribution < 1.29 is 0 Å². The van der Waals surface area contributed by atoms with Gasteiger partial charge in [-0.2, -0.15) is 0 Å². The van der Waals surface area contributed by atoms with E-state index in [0.717, 1.165) is 198 Å². The van der Waals surface area contributed by atoms with Crippen molar-refractivity contribution >= 4 is 229 Å². The number of hydrogen-bond donors (Lipinski definition) is 4. The first-order valence-electron chi connectivity index (χ1n) is 49.0. The van der Waals surface area contributed by atoms with Crippen molar-refractivity contribution in [1.82, 2.24) is 39.9 Å². The van der Waals surface area contributed by atoms with Crippen LogP contribution in [-0.4, -0.2) is 39.9 Å². The van der Waals surface area contributed by atoms with Crippen molar-refractivity contribution in [2.45, 2.75) is 209 Å². The number of benzene rings is 16. The van der Waals surface area contributed by atoms with Crippen molar-refractivity contribution in [3.05, 3.63) is 274 Å². The van der Waals surface area contributed by atoms with Gasteiger partial charge < -0.3 is 19.9 Å². The molecule has 25 aromatic rings. The molecule has 8 heteroatoms. The molecule has 8 nitrogen and oxygen atoms in total. The third kappa shape index (κ3) is 12.0. The highest BCUT2D eigenvalue weighted by Crippen LogP contribution is 2.56. The van der Waals surface area contributed by atoms with Crippen LogP contribution in [0.3, 0.4) is 0 Å². The summed E-state index contributed by atoms with van der Waals surface area (Å²) in [5.74, 6) is 0. The molecule has 666 valence electrons. The van der Waals surface area contributed by atoms with Gasteiger partial charge in [0.2, 0.25) is 0 Å². The van der Waals surface area contributed by atoms with Crippen LogP contribution in [0.5, 0.6) is 0 Å². The lowest BCUT2D eigenvalue weighted by molar-refractivity contribution is 0.568. The maximum atomic E-state index is 6.57. The molecular formula is C128H114N8. The van der Waals surface area contributed by atoms with E-state index in [2.05, 4.69) is 417 Å². The van der Waals surface area contributed by atoms with Crippen molar-refractivity contribution in [2.24, 2.45) is 0 Å². The highest BCUT2D eigenvalue weighted by atomic mass is 14.8. The zero-order chi connectivity index (χ0) is 94.0. The Morgan fingerprint density at radius 2 is 0.493 bits per heavy atom. The molecule has 0 saturated carbocycles. The first kappa shape index (κ1) is 82.6. The first-order chi connectivity index (χ1) is 64.4. The molecule has 0 amide bonds. The SMILES string of the molecule is CC(C)(C)c1cc(-c2c3nc(c4c5cc6cccc7ccc8ccc(c9cc([nH]c94)c(-c4cc(C(C)(C)C)cc(C(C)(C)C)c4)c4cc9c%10cc%11[nH]c%10c%10c%12nc(cc%12c%12cc2[nH]c%12c%10c9n4)c(-c2cc(C(C)(C)C)cc(C(C)(C)C)c2)c2ccc([nH]2)c2c4ccc9ccc%10cccc%12cc(c%13cc(nc%132)c%11-c2cc(C(C)(C)C)cc(C(C)(C)C)c2)c4c9c%10%12)c5c8c76)C=C3)cc(C(C)(C)C)c1. The fourth-order valence-corrected chi connectivity index (χ4v) is 23.5. The highest BCUT2D eigenvalue weighted by molar-refractivity contribution is 6.44. The predicted molar refractivity (Wildman–Crippen MR) is 588 cm³/mol. The molecule has 0 unspecified atom stereocenters. The molecule has 16 bridgehead atoms. The minimum Gasteiger partial charge on any atom is -0.354 e. The van der Waals surface area contributed by atoms with Crippen LogP contribution in [0.4, 0.5) is 0 Å². The molecule has 0 atom stereocenters. The monoisotopic (exact) mass is 1760 g/mol. The van der Waals surface area contributed by atoms with Crippen LogP contribution in [0.15, 0.2) is 218 Å². The summed E-state index contributed by atoms with van der Waals surface area (Å²) in [5.41, 5.74) is 31.3. The first-order valence-corrected chi connectivity index (χ1v) is 49.0. The molecule has 0 saturated heterocycles. The largest absolute Gasteiger partial charge is 0.354 e. The molecule has 0 aliphatic carbocycles. The van der Waals surface area contributed by atoms with E-state index in [4.69, 9.17) is 19.9 Å². The maximum Gasteiger partial charge on any atom is 0.0818 e. The van der Waals surface area contributed by atoms with Gasteiger partial charge in [-0.15, -0.1) is 0 Å². The topological polar surface area (TPSA) is 115 Å². The van der Waals surface area contributed by atoms with E-state index in [1.165, 1.54) is 120 Å². The Balaban J connectivity index is 0.954. The molecule has 26 rings (SSSR count). The van der Waals surface area contributed by atoms with Gasteiger partial charge in [-0.05, 0) is 269 Å². The summed E-state index contributed by atoms with van der Waals surface area (Å²) >= 11 is 0. The van der Waals surface area contributed by atoms with Gasteiger partial charge in [0.15, 0.2) is 0 Å². The van der Waals surface area contributed by atoms with Gasteiger partial charge in [0, 0.05) is 104 Å². The van der Waals surface area contributed by atoms with Crippen molar-refractivity contribution in [2.75, 3.05) is 0 Å². The van der Waals surface area contributed by atoms with Crippen LogP contribution in [0.1, 0.15) is 222 Å². The normalized spacial score (nSPS) is 13.9.